The predicted octanol–water partition coefficient (Wildman–Crippen LogP) is 9.56. The zero-order valence-corrected chi connectivity index (χ0v) is 52.3. The van der Waals surface area contributed by atoms with Crippen LogP contribution in [0.4, 0.5) is 34.1 Å². The van der Waals surface area contributed by atoms with Gasteiger partial charge in [0.1, 0.15) is 51.7 Å². The van der Waals surface area contributed by atoms with Gasteiger partial charge in [-0.05, 0) is 72.8 Å². The van der Waals surface area contributed by atoms with Gasteiger partial charge in [-0.25, -0.2) is 0 Å². The van der Waals surface area contributed by atoms with Crippen LogP contribution in [0.3, 0.4) is 0 Å². The van der Waals surface area contributed by atoms with E-state index in [4.69, 9.17) is 33.2 Å². The maximum Gasteiger partial charge on any atom is 0.307 e. The molecule has 0 bridgehead atoms. The minimum Gasteiger partial charge on any atom is -0.465 e. The number of esters is 6. The molecule has 0 atom stereocenters. The van der Waals surface area contributed by atoms with Crippen molar-refractivity contribution in [1.29, 1.82) is 0 Å². The van der Waals surface area contributed by atoms with Crippen molar-refractivity contribution in [3.63, 3.8) is 0 Å². The molecule has 0 amide bonds. The smallest absolute Gasteiger partial charge is 0.307 e. The van der Waals surface area contributed by atoms with E-state index in [9.17, 15) is 28.8 Å². The van der Waals surface area contributed by atoms with Crippen molar-refractivity contribution in [1.82, 2.24) is 0 Å². The summed E-state index contributed by atoms with van der Waals surface area (Å²) >= 11 is 0. The number of ether oxygens (including phenoxy) is 7. The van der Waals surface area contributed by atoms with E-state index in [1.807, 2.05) is 254 Å². The largest absolute Gasteiger partial charge is 0.465 e. The van der Waals surface area contributed by atoms with Crippen molar-refractivity contribution in [2.75, 3.05) is 157 Å². The molecule has 89 heavy (non-hydrogen) atoms. The lowest BCUT2D eigenvalue weighted by molar-refractivity contribution is -0.168. The van der Waals surface area contributed by atoms with Gasteiger partial charge in [-0.2, -0.15) is 4.74 Å². The van der Waals surface area contributed by atoms with E-state index in [2.05, 4.69) is 0 Å². The molecule has 0 N–H and O–H groups in total. The van der Waals surface area contributed by atoms with E-state index in [0.29, 0.717) is 19.6 Å². The monoisotopic (exact) mass is 1220 g/mol. The molecule has 0 aromatic heterocycles. The van der Waals surface area contributed by atoms with Crippen LogP contribution in [0.25, 0.3) is 0 Å². The van der Waals surface area contributed by atoms with Crippen molar-refractivity contribution in [3.05, 3.63) is 189 Å². The van der Waals surface area contributed by atoms with Crippen LogP contribution in [-0.4, -0.2) is 164 Å². The minimum absolute atomic E-state index is 0.0414. The van der Waals surface area contributed by atoms with Crippen LogP contribution in [0.1, 0.15) is 38.5 Å². The quantitative estimate of drug-likeness (QED) is 0.0201. The molecule has 0 unspecified atom stereocenters. The average molecular weight is 1220 g/mol. The molecule has 19 nitrogen and oxygen atoms in total. The fourth-order valence-electron chi connectivity index (χ4n) is 9.10. The fourth-order valence-corrected chi connectivity index (χ4v) is 9.10. The number of benzene rings is 6. The summed E-state index contributed by atoms with van der Waals surface area (Å²) in [7, 11) is 11.1. The highest BCUT2D eigenvalue weighted by Gasteiger charge is 2.48. The van der Waals surface area contributed by atoms with Crippen LogP contribution in [-0.2, 0) is 61.9 Å². The Hall–Kier alpha value is -9.23. The Morgan fingerprint density at radius 1 is 0.281 bits per heavy atom. The van der Waals surface area contributed by atoms with Gasteiger partial charge in [0.2, 0.25) is 12.0 Å². The molecule has 6 rings (SSSR count). The summed E-state index contributed by atoms with van der Waals surface area (Å²) in [6.07, 6.45) is -0.266. The zero-order chi connectivity index (χ0) is 63.7. The molecule has 0 aliphatic heterocycles. The van der Waals surface area contributed by atoms with Crippen molar-refractivity contribution in [2.45, 2.75) is 38.5 Å². The fraction of sp³-hybridized carbons (Fsp3) is 0.386. The van der Waals surface area contributed by atoms with E-state index in [1.54, 1.807) is 0 Å². The van der Waals surface area contributed by atoms with Gasteiger partial charge >= 0.3 is 35.8 Å². The lowest BCUT2D eigenvalue weighted by Gasteiger charge is -2.32. The van der Waals surface area contributed by atoms with Crippen LogP contribution in [0.5, 0.6) is 0 Å². The van der Waals surface area contributed by atoms with Crippen molar-refractivity contribution >= 4 is 69.9 Å². The molecular weight excluding hydrogens is 1130 g/mol. The Labute approximate surface area is 524 Å². The van der Waals surface area contributed by atoms with E-state index in [1.165, 1.54) is 6.61 Å². The van der Waals surface area contributed by atoms with Crippen LogP contribution in [0.15, 0.2) is 182 Å². The van der Waals surface area contributed by atoms with E-state index in [0.717, 1.165) is 34.1 Å². The third-order valence-corrected chi connectivity index (χ3v) is 15.0. The molecule has 0 aliphatic carbocycles. The number of nitrogens with zero attached hydrogens (tertiary/aromatic N) is 6. The number of hydrogen-bond acceptors (Lipinski definition) is 19. The molecule has 0 radical (unpaired) electrons. The molecule has 0 saturated heterocycles. The maximum absolute atomic E-state index is 13.9. The highest BCUT2D eigenvalue weighted by molar-refractivity contribution is 5.73. The Morgan fingerprint density at radius 3 is 0.652 bits per heavy atom. The van der Waals surface area contributed by atoms with Gasteiger partial charge in [-0.15, -0.1) is 0 Å². The SMILES string of the molecule is CN(CCC(=O)OCC([CH+]OCC(COC(=O)CCN(C)c1ccccc1)(COC(=O)CCN(C)c1ccccc1)COC(=O)CCN(C)c1ccccc1)(COC(=O)CCN(C)c1ccccc1)COC(=O)CCN(C)c1ccccc1)c1ccccc1. The summed E-state index contributed by atoms with van der Waals surface area (Å²) in [4.78, 5) is 94.6. The molecule has 6 aromatic carbocycles. The van der Waals surface area contributed by atoms with Gasteiger partial charge in [0.15, 0.2) is 0 Å². The Bertz CT molecular complexity index is 2520. The molecule has 0 saturated carbocycles. The first-order valence-electron chi connectivity index (χ1n) is 30.0. The standard InChI is InChI=1S/C70H87N6O13/c1-71(57-25-13-7-14-26-57)43-37-63(77)84-51-69(52-85-64(78)38-44-72(2)58-27-15-8-16-28-58,53-86-65(79)39-45-73(3)59-29-17-9-18-30-59)49-83-50-70(54-87-66(80)40-46-74(4)60-31-19-10-20-32-60,55-88-67(81)41-47-75(5)61-33-21-11-22-34-61)56-89-68(82)42-48-76(6)62-35-23-12-24-36-62/h7-36,49H,37-48,50-56H2,1-6H3/q+1. The number of carbonyl (C=O) groups excluding carboxylic acids is 6. The normalized spacial score (nSPS) is 11.1. The van der Waals surface area contributed by atoms with E-state index in [-0.39, 0.29) is 58.2 Å². The molecule has 0 fully saturated rings. The van der Waals surface area contributed by atoms with Gasteiger partial charge in [0.05, 0.1) is 38.5 Å². The molecule has 19 heteroatoms. The molecule has 6 aromatic rings. The first-order chi connectivity index (χ1) is 43.0. The van der Waals surface area contributed by atoms with Gasteiger partial charge in [-0.1, -0.05) is 109 Å². The number of rotatable bonds is 40. The van der Waals surface area contributed by atoms with Crippen LogP contribution >= 0.6 is 0 Å². The highest BCUT2D eigenvalue weighted by Crippen LogP contribution is 2.30. The zero-order valence-electron chi connectivity index (χ0n) is 52.3. The minimum atomic E-state index is -1.69. The van der Waals surface area contributed by atoms with Gasteiger partial charge in [-0.3, -0.25) is 28.8 Å². The lowest BCUT2D eigenvalue weighted by atomic mass is 9.90. The van der Waals surface area contributed by atoms with Crippen LogP contribution in [0, 0.1) is 17.4 Å². The summed E-state index contributed by atoms with van der Waals surface area (Å²) < 4.78 is 42.8. The molecular formula is C70H87N6O13+. The Morgan fingerprint density at radius 2 is 0.461 bits per heavy atom. The summed E-state index contributed by atoms with van der Waals surface area (Å²) in [6.45, 7) is -0.331. The summed E-state index contributed by atoms with van der Waals surface area (Å²) in [5, 5.41) is 0. The van der Waals surface area contributed by atoms with E-state index < -0.39 is 92.9 Å². The molecule has 474 valence electrons. The van der Waals surface area contributed by atoms with Gasteiger partial charge < -0.3 is 57.8 Å². The topological polar surface area (TPSA) is 186 Å². The predicted molar refractivity (Wildman–Crippen MR) is 347 cm³/mol. The number of hydrogen-bond donors (Lipinski definition) is 0. The summed E-state index contributed by atoms with van der Waals surface area (Å²) in [5.41, 5.74) is 2.03. The Kier molecular flexibility index (Phi) is 28.5. The lowest BCUT2D eigenvalue weighted by Crippen LogP contribution is -2.46. The average Bonchev–Trinajstić information content (AvgIpc) is 3.73. The second-order valence-electron chi connectivity index (χ2n) is 22.3. The van der Waals surface area contributed by atoms with Crippen molar-refractivity contribution in [2.24, 2.45) is 10.8 Å². The van der Waals surface area contributed by atoms with E-state index >= 15 is 0 Å². The van der Waals surface area contributed by atoms with Crippen LogP contribution in [0.2, 0.25) is 0 Å². The van der Waals surface area contributed by atoms with Crippen molar-refractivity contribution < 1.29 is 61.9 Å². The third kappa shape index (κ3) is 24.8. The summed E-state index contributed by atoms with van der Waals surface area (Å²) in [5.74, 6) is -3.60. The van der Waals surface area contributed by atoms with Gasteiger partial charge in [0, 0.05) is 116 Å². The first-order valence-corrected chi connectivity index (χ1v) is 30.0. The Balaban J connectivity index is 1.30. The number of para-hydroxylation sites is 6. The second kappa shape index (κ2) is 36.8. The molecule has 0 aliphatic rings. The number of carbonyl (C=O) groups is 6. The van der Waals surface area contributed by atoms with Gasteiger partial charge in [0.25, 0.3) is 0 Å². The number of anilines is 6. The first kappa shape index (κ1) is 68.9. The van der Waals surface area contributed by atoms with Crippen LogP contribution < -0.4 is 29.4 Å². The summed E-state index contributed by atoms with van der Waals surface area (Å²) in [6, 6.07) is 57.2. The third-order valence-electron chi connectivity index (χ3n) is 15.0. The molecule has 0 heterocycles. The second-order valence-corrected chi connectivity index (χ2v) is 22.3. The molecule has 0 spiro atoms. The maximum atomic E-state index is 13.9. The van der Waals surface area contributed by atoms with Crippen molar-refractivity contribution in [3.8, 4) is 0 Å². The highest BCUT2D eigenvalue weighted by atomic mass is 16.6.